The van der Waals surface area contributed by atoms with Gasteiger partial charge in [-0.05, 0) is 18.6 Å². The fourth-order valence-electron chi connectivity index (χ4n) is 2.53. The zero-order valence-electron chi connectivity index (χ0n) is 10.9. The van der Waals surface area contributed by atoms with Gasteiger partial charge in [-0.3, -0.25) is 9.59 Å². The van der Waals surface area contributed by atoms with Crippen LogP contribution in [-0.2, 0) is 0 Å². The molecule has 112 valence electrons. The maximum atomic E-state index is 13.9. The summed E-state index contributed by atoms with van der Waals surface area (Å²) in [5, 5.41) is 9.72. The van der Waals surface area contributed by atoms with Gasteiger partial charge in [0.25, 0.3) is 0 Å². The lowest BCUT2D eigenvalue weighted by atomic mass is 9.81. The zero-order valence-corrected chi connectivity index (χ0v) is 10.9. The minimum Gasteiger partial charge on any atom is -0.507 e. The molecule has 0 saturated heterocycles. The summed E-state index contributed by atoms with van der Waals surface area (Å²) in [6.45, 7) is 1.41. The minimum absolute atomic E-state index is 0.210. The van der Waals surface area contributed by atoms with Crippen molar-refractivity contribution < 1.29 is 32.3 Å². The van der Waals surface area contributed by atoms with Crippen LogP contribution in [0, 0.1) is 30.2 Å². The number of aryl methyl sites for hydroxylation is 1. The standard InChI is InChI=1S/C15H6F4O3/c1-4-2-3-5(20)7-6(4)14(21)8-9(15(7)22)11(17)13(19)12(18)10(8)16/h2-3,20H,1H3. The summed E-state index contributed by atoms with van der Waals surface area (Å²) in [5.74, 6) is -11.3. The number of phenolic OH excluding ortho intramolecular Hbond substituents is 1. The van der Waals surface area contributed by atoms with Crippen molar-refractivity contribution in [3.05, 3.63) is 63.2 Å². The normalized spacial score (nSPS) is 13.1. The van der Waals surface area contributed by atoms with Crippen LogP contribution in [0.1, 0.15) is 37.4 Å². The minimum atomic E-state index is -2.19. The van der Waals surface area contributed by atoms with Crippen molar-refractivity contribution in [1.29, 1.82) is 0 Å². The Kier molecular flexibility index (Phi) is 2.85. The number of carbonyl (C=O) groups excluding carboxylic acids is 2. The lowest BCUT2D eigenvalue weighted by Gasteiger charge is -2.21. The lowest BCUT2D eigenvalue weighted by molar-refractivity contribution is 0.0966. The maximum Gasteiger partial charge on any atom is 0.201 e. The maximum absolute atomic E-state index is 13.9. The molecular weight excluding hydrogens is 304 g/mol. The molecule has 0 atom stereocenters. The quantitative estimate of drug-likeness (QED) is 0.394. The van der Waals surface area contributed by atoms with E-state index < -0.39 is 57.3 Å². The number of hydrogen-bond acceptors (Lipinski definition) is 3. The van der Waals surface area contributed by atoms with Crippen LogP contribution >= 0.6 is 0 Å². The molecule has 0 radical (unpaired) electrons. The molecule has 0 spiro atoms. The van der Waals surface area contributed by atoms with Crippen LogP contribution in [0.4, 0.5) is 17.6 Å². The average molecular weight is 310 g/mol. The molecule has 1 aliphatic rings. The van der Waals surface area contributed by atoms with Crippen molar-refractivity contribution in [2.45, 2.75) is 6.92 Å². The first kappa shape index (κ1) is 14.2. The van der Waals surface area contributed by atoms with E-state index in [1.807, 2.05) is 0 Å². The molecule has 3 rings (SSSR count). The Morgan fingerprint density at radius 1 is 0.727 bits per heavy atom. The second-order valence-corrected chi connectivity index (χ2v) is 4.82. The third-order valence-electron chi connectivity index (χ3n) is 3.57. The van der Waals surface area contributed by atoms with E-state index in [-0.39, 0.29) is 11.1 Å². The van der Waals surface area contributed by atoms with Gasteiger partial charge in [0.15, 0.2) is 29.1 Å². The van der Waals surface area contributed by atoms with Crippen molar-refractivity contribution >= 4 is 11.6 Å². The van der Waals surface area contributed by atoms with Crippen LogP contribution in [0.5, 0.6) is 5.75 Å². The first-order valence-electron chi connectivity index (χ1n) is 6.05. The van der Waals surface area contributed by atoms with Crippen LogP contribution in [0.2, 0.25) is 0 Å². The average Bonchev–Trinajstić information content (AvgIpc) is 2.48. The van der Waals surface area contributed by atoms with E-state index in [0.717, 1.165) is 6.07 Å². The molecule has 0 aromatic heterocycles. The number of hydrogen-bond donors (Lipinski definition) is 1. The predicted octanol–water partition coefficient (Wildman–Crippen LogP) is 3.03. The summed E-state index contributed by atoms with van der Waals surface area (Å²) >= 11 is 0. The number of ketones is 2. The van der Waals surface area contributed by atoms with E-state index >= 15 is 0 Å². The zero-order chi connectivity index (χ0) is 16.3. The smallest absolute Gasteiger partial charge is 0.201 e. The van der Waals surface area contributed by atoms with Gasteiger partial charge in [0, 0.05) is 5.56 Å². The number of rotatable bonds is 0. The monoisotopic (exact) mass is 310 g/mol. The number of carbonyl (C=O) groups is 2. The molecule has 22 heavy (non-hydrogen) atoms. The van der Waals surface area contributed by atoms with Gasteiger partial charge in [0.1, 0.15) is 5.75 Å². The van der Waals surface area contributed by atoms with Gasteiger partial charge in [-0.25, -0.2) is 17.6 Å². The molecule has 1 N–H and O–H groups in total. The molecule has 2 aromatic rings. The highest BCUT2D eigenvalue weighted by Crippen LogP contribution is 2.38. The molecule has 0 unspecified atom stereocenters. The first-order valence-corrected chi connectivity index (χ1v) is 6.05. The number of halogens is 4. The molecule has 2 aromatic carbocycles. The molecule has 1 aliphatic carbocycles. The van der Waals surface area contributed by atoms with E-state index in [1.54, 1.807) is 0 Å². The van der Waals surface area contributed by atoms with Gasteiger partial charge >= 0.3 is 0 Å². The van der Waals surface area contributed by atoms with Gasteiger partial charge in [-0.2, -0.15) is 0 Å². The Hall–Kier alpha value is -2.70. The largest absolute Gasteiger partial charge is 0.507 e. The SMILES string of the molecule is Cc1ccc(O)c2c1C(=O)c1c(F)c(F)c(F)c(F)c1C2=O. The van der Waals surface area contributed by atoms with Gasteiger partial charge < -0.3 is 5.11 Å². The Balaban J connectivity index is 2.50. The summed E-state index contributed by atoms with van der Waals surface area (Å²) in [4.78, 5) is 24.6. The second kappa shape index (κ2) is 4.40. The van der Waals surface area contributed by atoms with E-state index in [9.17, 15) is 32.3 Å². The molecular formula is C15H6F4O3. The molecule has 0 bridgehead atoms. The molecule has 0 fully saturated rings. The van der Waals surface area contributed by atoms with E-state index in [4.69, 9.17) is 0 Å². The molecule has 3 nitrogen and oxygen atoms in total. The van der Waals surface area contributed by atoms with Gasteiger partial charge in [0.05, 0.1) is 16.7 Å². The number of aromatic hydroxyl groups is 1. The Morgan fingerprint density at radius 3 is 1.68 bits per heavy atom. The van der Waals surface area contributed by atoms with Gasteiger partial charge in [-0.15, -0.1) is 0 Å². The second-order valence-electron chi connectivity index (χ2n) is 4.82. The topological polar surface area (TPSA) is 54.4 Å². The Bertz CT molecular complexity index is 815. The summed E-state index contributed by atoms with van der Waals surface area (Å²) in [7, 11) is 0. The highest BCUT2D eigenvalue weighted by Gasteiger charge is 2.40. The fourth-order valence-corrected chi connectivity index (χ4v) is 2.53. The van der Waals surface area contributed by atoms with Gasteiger partial charge in [0.2, 0.25) is 5.78 Å². The number of phenols is 1. The summed E-state index contributed by atoms with van der Waals surface area (Å²) in [5.41, 5.74) is -3.08. The molecule has 7 heteroatoms. The van der Waals surface area contributed by atoms with Gasteiger partial charge in [-0.1, -0.05) is 6.07 Å². The van der Waals surface area contributed by atoms with Crippen LogP contribution in [-0.4, -0.2) is 16.7 Å². The Labute approximate surface area is 120 Å². The van der Waals surface area contributed by atoms with Crippen LogP contribution in [0.3, 0.4) is 0 Å². The lowest BCUT2D eigenvalue weighted by Crippen LogP contribution is -2.26. The molecule has 0 amide bonds. The summed E-state index contributed by atoms with van der Waals surface area (Å²) in [6, 6.07) is 2.39. The molecule has 0 aliphatic heterocycles. The highest BCUT2D eigenvalue weighted by molar-refractivity contribution is 6.30. The highest BCUT2D eigenvalue weighted by atomic mass is 19.2. The van der Waals surface area contributed by atoms with Crippen molar-refractivity contribution in [3.63, 3.8) is 0 Å². The van der Waals surface area contributed by atoms with Crippen molar-refractivity contribution in [2.75, 3.05) is 0 Å². The third kappa shape index (κ3) is 1.56. The van der Waals surface area contributed by atoms with Crippen LogP contribution < -0.4 is 0 Å². The van der Waals surface area contributed by atoms with Crippen molar-refractivity contribution in [2.24, 2.45) is 0 Å². The van der Waals surface area contributed by atoms with E-state index in [0.29, 0.717) is 0 Å². The first-order chi connectivity index (χ1) is 10.3. The van der Waals surface area contributed by atoms with Crippen molar-refractivity contribution in [3.8, 4) is 5.75 Å². The van der Waals surface area contributed by atoms with Crippen LogP contribution in [0.15, 0.2) is 12.1 Å². The Morgan fingerprint density at radius 2 is 1.18 bits per heavy atom. The van der Waals surface area contributed by atoms with E-state index in [1.165, 1.54) is 13.0 Å². The molecule has 0 heterocycles. The predicted molar refractivity (Wildman–Crippen MR) is 66.0 cm³/mol. The fraction of sp³-hybridized carbons (Fsp3) is 0.0667. The third-order valence-corrected chi connectivity index (χ3v) is 3.57. The van der Waals surface area contributed by atoms with Crippen LogP contribution in [0.25, 0.3) is 0 Å². The number of benzene rings is 2. The summed E-state index contributed by atoms with van der Waals surface area (Å²) in [6.07, 6.45) is 0. The number of fused-ring (bicyclic) bond motifs is 2. The van der Waals surface area contributed by atoms with E-state index in [2.05, 4.69) is 0 Å². The van der Waals surface area contributed by atoms with Crippen molar-refractivity contribution in [1.82, 2.24) is 0 Å². The molecule has 0 saturated carbocycles. The summed E-state index contributed by atoms with van der Waals surface area (Å²) < 4.78 is 54.3.